The number of nitrogens with zero attached hydrogens (tertiary/aromatic N) is 2. The first-order chi connectivity index (χ1) is 23.3. The summed E-state index contributed by atoms with van der Waals surface area (Å²) in [6, 6.07) is 16.9. The first-order valence-electron chi connectivity index (χ1n) is 18.3. The van der Waals surface area contributed by atoms with E-state index in [2.05, 4.69) is 64.1 Å². The van der Waals surface area contributed by atoms with E-state index in [4.69, 9.17) is 24.4 Å². The maximum Gasteiger partial charge on any atom is 0.259 e. The molecule has 4 nitrogen and oxygen atoms in total. The summed E-state index contributed by atoms with van der Waals surface area (Å²) < 4.78 is 0. The predicted molar refractivity (Wildman–Crippen MR) is 209 cm³/mol. The van der Waals surface area contributed by atoms with Crippen molar-refractivity contribution in [2.45, 2.75) is 117 Å². The summed E-state index contributed by atoms with van der Waals surface area (Å²) in [7, 11) is 0. The molecule has 0 radical (unpaired) electrons. The average Bonchev–Trinajstić information content (AvgIpc) is 3.08. The summed E-state index contributed by atoms with van der Waals surface area (Å²) in [5.74, 6) is 0.00708. The van der Waals surface area contributed by atoms with Crippen molar-refractivity contribution in [2.24, 2.45) is 0 Å². The molecule has 0 aromatic heterocycles. The molecule has 0 fully saturated rings. The van der Waals surface area contributed by atoms with Crippen LogP contribution in [0.5, 0.6) is 0 Å². The Kier molecular flexibility index (Phi) is 9.25. The molecule has 5 aromatic carbocycles. The van der Waals surface area contributed by atoms with Crippen LogP contribution < -0.4 is 0 Å². The molecule has 0 saturated heterocycles. The molecule has 2 heterocycles. The minimum atomic E-state index is 0.00354. The first kappa shape index (κ1) is 33.0. The van der Waals surface area contributed by atoms with Gasteiger partial charge in [0.25, 0.3) is 11.8 Å². The molecule has 248 valence electrons. The Balaban J connectivity index is 1.29. The zero-order chi connectivity index (χ0) is 33.7. The van der Waals surface area contributed by atoms with Gasteiger partial charge in [-0.15, -0.1) is 0 Å². The van der Waals surface area contributed by atoms with E-state index in [9.17, 15) is 9.59 Å². The molecule has 2 aliphatic heterocycles. The lowest BCUT2D eigenvalue weighted by atomic mass is 9.82. The summed E-state index contributed by atoms with van der Waals surface area (Å²) in [6.07, 6.45) is 13.9. The third-order valence-corrected chi connectivity index (χ3v) is 11.9. The zero-order valence-electron chi connectivity index (χ0n) is 28.8. The number of hydrogen-bond acceptors (Lipinski definition) is 4. The second kappa shape index (κ2) is 13.4. The van der Waals surface area contributed by atoms with Gasteiger partial charge in [0, 0.05) is 45.1 Å². The van der Waals surface area contributed by atoms with E-state index >= 15 is 0 Å². The molecule has 0 saturated carbocycles. The molecular weight excluding hydrogens is 629 g/mol. The molecule has 7 rings (SSSR count). The second-order valence-corrected chi connectivity index (χ2v) is 15.0. The van der Waals surface area contributed by atoms with Gasteiger partial charge in [-0.05, 0) is 71.1 Å². The van der Waals surface area contributed by atoms with Gasteiger partial charge in [-0.1, -0.05) is 139 Å². The molecule has 0 aliphatic carbocycles. The Hall–Kier alpha value is -3.48. The molecule has 2 aliphatic rings. The SMILES string of the molecule is CCCCCCC[C@H](C)N1C(=O)c2ccc3c4ccc5c6c(ccc(c7ccc(c2c37)C1=S)c64)C(=O)N([C@@H](C)CCCCCCC)C5=S. The van der Waals surface area contributed by atoms with Gasteiger partial charge in [-0.3, -0.25) is 19.4 Å². The van der Waals surface area contributed by atoms with Crippen molar-refractivity contribution in [3.8, 4) is 0 Å². The fourth-order valence-corrected chi connectivity index (χ4v) is 9.32. The highest BCUT2D eigenvalue weighted by Gasteiger charge is 2.37. The lowest BCUT2D eigenvalue weighted by Crippen LogP contribution is -2.45. The number of fused-ring (bicyclic) bond motifs is 2. The zero-order valence-corrected chi connectivity index (χ0v) is 30.4. The molecule has 2 atom stereocenters. The maximum atomic E-state index is 14.1. The highest BCUT2D eigenvalue weighted by molar-refractivity contribution is 7.81. The van der Waals surface area contributed by atoms with Gasteiger partial charge in [0.05, 0.1) is 0 Å². The monoisotopic (exact) mass is 674 g/mol. The lowest BCUT2D eigenvalue weighted by Gasteiger charge is -2.36. The van der Waals surface area contributed by atoms with Crippen molar-refractivity contribution in [2.75, 3.05) is 0 Å². The standard InChI is InChI=1S/C42H46N2O2S2/c1-5-7-9-11-13-15-25(3)43-39(45)31-21-17-27-30-20-24-34-38-32(40(46)44(42(34)48)26(4)16-14-12-10-8-6-2)22-18-28(36(30)38)29-19-23-33(41(43)47)37(31)35(27)29/h17-26H,5-16H2,1-4H3/t25-,26-/m0/s1. The highest BCUT2D eigenvalue weighted by atomic mass is 32.1. The van der Waals surface area contributed by atoms with Crippen LogP contribution in [0.3, 0.4) is 0 Å². The van der Waals surface area contributed by atoms with E-state index in [1.54, 1.807) is 0 Å². The second-order valence-electron chi connectivity index (χ2n) is 14.2. The minimum absolute atomic E-state index is 0.00354. The van der Waals surface area contributed by atoms with Gasteiger partial charge in [0.1, 0.15) is 9.98 Å². The van der Waals surface area contributed by atoms with Crippen LogP contribution in [0, 0.1) is 0 Å². The van der Waals surface area contributed by atoms with Gasteiger partial charge in [0.2, 0.25) is 0 Å². The van der Waals surface area contributed by atoms with Crippen LogP contribution in [0.1, 0.15) is 137 Å². The summed E-state index contributed by atoms with van der Waals surface area (Å²) in [4.78, 5) is 33.3. The summed E-state index contributed by atoms with van der Waals surface area (Å²) in [5, 5.41) is 8.38. The predicted octanol–water partition coefficient (Wildman–Crippen LogP) is 11.5. The van der Waals surface area contributed by atoms with Crippen LogP contribution in [0.25, 0.3) is 43.1 Å². The van der Waals surface area contributed by atoms with E-state index in [1.165, 1.54) is 51.4 Å². The Morgan fingerprint density at radius 1 is 0.479 bits per heavy atom. The van der Waals surface area contributed by atoms with Crippen LogP contribution in [-0.4, -0.2) is 43.7 Å². The molecule has 0 spiro atoms. The first-order valence-corrected chi connectivity index (χ1v) is 19.1. The molecule has 2 amide bonds. The number of benzene rings is 5. The number of carbonyl (C=O) groups is 2. The molecular formula is C42H46N2O2S2. The summed E-state index contributed by atoms with van der Waals surface area (Å²) in [6.45, 7) is 8.73. The number of carbonyl (C=O) groups excluding carboxylic acids is 2. The summed E-state index contributed by atoms with van der Waals surface area (Å²) in [5.41, 5.74) is 3.37. The Morgan fingerprint density at radius 3 is 1.17 bits per heavy atom. The maximum absolute atomic E-state index is 14.1. The molecule has 0 unspecified atom stereocenters. The highest BCUT2D eigenvalue weighted by Crippen LogP contribution is 2.47. The quantitative estimate of drug-likeness (QED) is 0.0509. The molecule has 6 heteroatoms. The normalized spacial score (nSPS) is 16.0. The van der Waals surface area contributed by atoms with Gasteiger partial charge in [0.15, 0.2) is 0 Å². The molecule has 0 N–H and O–H groups in total. The van der Waals surface area contributed by atoms with Crippen molar-refractivity contribution < 1.29 is 9.59 Å². The number of hydrogen-bond donors (Lipinski definition) is 0. The number of thiocarbonyl (C=S) groups is 2. The third-order valence-electron chi connectivity index (χ3n) is 11.0. The number of amides is 2. The van der Waals surface area contributed by atoms with Gasteiger partial charge >= 0.3 is 0 Å². The molecule has 0 bridgehead atoms. The van der Waals surface area contributed by atoms with Crippen molar-refractivity contribution in [3.63, 3.8) is 0 Å². The van der Waals surface area contributed by atoms with Crippen LogP contribution in [0.2, 0.25) is 0 Å². The largest absolute Gasteiger partial charge is 0.296 e. The van der Waals surface area contributed by atoms with Crippen molar-refractivity contribution in [1.82, 2.24) is 9.80 Å². The molecule has 5 aromatic rings. The Bertz CT molecular complexity index is 1830. The van der Waals surface area contributed by atoms with E-state index in [1.807, 2.05) is 21.9 Å². The average molecular weight is 675 g/mol. The summed E-state index contributed by atoms with van der Waals surface area (Å²) >= 11 is 12.2. The van der Waals surface area contributed by atoms with Crippen LogP contribution >= 0.6 is 24.4 Å². The smallest absolute Gasteiger partial charge is 0.259 e. The number of unbranched alkanes of at least 4 members (excludes halogenated alkanes) is 8. The Morgan fingerprint density at radius 2 is 0.812 bits per heavy atom. The van der Waals surface area contributed by atoms with Gasteiger partial charge < -0.3 is 0 Å². The van der Waals surface area contributed by atoms with E-state index in [0.29, 0.717) is 9.98 Å². The van der Waals surface area contributed by atoms with Gasteiger partial charge in [-0.25, -0.2) is 0 Å². The van der Waals surface area contributed by atoms with Crippen LogP contribution in [0.15, 0.2) is 48.5 Å². The fraction of sp³-hybridized carbons (Fsp3) is 0.429. The van der Waals surface area contributed by atoms with Crippen molar-refractivity contribution in [1.29, 1.82) is 0 Å². The third kappa shape index (κ3) is 5.22. The van der Waals surface area contributed by atoms with Crippen molar-refractivity contribution >= 4 is 89.3 Å². The fourth-order valence-electron chi connectivity index (χ4n) is 8.45. The lowest BCUT2D eigenvalue weighted by molar-refractivity contribution is 0.0798. The van der Waals surface area contributed by atoms with Gasteiger partial charge in [-0.2, -0.15) is 0 Å². The van der Waals surface area contributed by atoms with E-state index in [0.717, 1.165) is 91.0 Å². The van der Waals surface area contributed by atoms with E-state index < -0.39 is 0 Å². The topological polar surface area (TPSA) is 40.6 Å². The Labute approximate surface area is 295 Å². The van der Waals surface area contributed by atoms with Crippen LogP contribution in [-0.2, 0) is 0 Å². The molecule has 48 heavy (non-hydrogen) atoms. The van der Waals surface area contributed by atoms with Crippen LogP contribution in [0.4, 0.5) is 0 Å². The van der Waals surface area contributed by atoms with Crippen molar-refractivity contribution in [3.05, 3.63) is 70.8 Å². The number of rotatable bonds is 14. The van der Waals surface area contributed by atoms with E-state index in [-0.39, 0.29) is 23.9 Å². The minimum Gasteiger partial charge on any atom is -0.296 e.